The van der Waals surface area contributed by atoms with Gasteiger partial charge in [0.1, 0.15) is 0 Å². The summed E-state index contributed by atoms with van der Waals surface area (Å²) < 4.78 is 0. The number of hydrogen-bond acceptors (Lipinski definition) is 3. The van der Waals surface area contributed by atoms with Crippen LogP contribution < -0.4 is 5.46 Å². The molecule has 1 aromatic carbocycles. The standard InChI is InChI=1S/C9H11BO4/c11-9(12)6-5-7-3-1-2-4-8(7)10(13)14/h1-4,13-14H,5-6H2,(H,11,12). The molecule has 0 spiro atoms. The van der Waals surface area contributed by atoms with Gasteiger partial charge in [-0.3, -0.25) is 4.79 Å². The molecule has 0 aliphatic carbocycles. The van der Waals surface area contributed by atoms with Crippen molar-refractivity contribution in [2.45, 2.75) is 12.8 Å². The number of rotatable bonds is 4. The van der Waals surface area contributed by atoms with E-state index >= 15 is 0 Å². The minimum Gasteiger partial charge on any atom is -0.481 e. The Labute approximate surface area is 82.0 Å². The van der Waals surface area contributed by atoms with E-state index in [-0.39, 0.29) is 6.42 Å². The van der Waals surface area contributed by atoms with E-state index in [0.717, 1.165) is 0 Å². The summed E-state index contributed by atoms with van der Waals surface area (Å²) in [6.07, 6.45) is 0.298. The minimum atomic E-state index is -1.54. The van der Waals surface area contributed by atoms with Crippen LogP contribution in [-0.4, -0.2) is 28.2 Å². The van der Waals surface area contributed by atoms with Gasteiger partial charge in [-0.05, 0) is 17.4 Å². The molecule has 4 nitrogen and oxygen atoms in total. The molecule has 0 saturated heterocycles. The third-order valence-electron chi connectivity index (χ3n) is 1.94. The zero-order chi connectivity index (χ0) is 10.6. The summed E-state index contributed by atoms with van der Waals surface area (Å²) in [5.74, 6) is -0.896. The van der Waals surface area contributed by atoms with E-state index in [0.29, 0.717) is 17.4 Å². The number of carboxylic acids is 1. The summed E-state index contributed by atoms with van der Waals surface area (Å²) >= 11 is 0. The van der Waals surface area contributed by atoms with Crippen LogP contribution in [0.25, 0.3) is 0 Å². The summed E-state index contributed by atoms with van der Waals surface area (Å²) in [4.78, 5) is 10.3. The Balaban J connectivity index is 2.79. The van der Waals surface area contributed by atoms with Gasteiger partial charge >= 0.3 is 13.1 Å². The molecule has 5 heteroatoms. The van der Waals surface area contributed by atoms with Crippen molar-refractivity contribution >= 4 is 18.6 Å². The lowest BCUT2D eigenvalue weighted by molar-refractivity contribution is -0.136. The van der Waals surface area contributed by atoms with Crippen LogP contribution in [0.3, 0.4) is 0 Å². The molecular formula is C9H11BO4. The molecule has 74 valence electrons. The molecular weight excluding hydrogens is 183 g/mol. The first-order chi connectivity index (χ1) is 6.61. The van der Waals surface area contributed by atoms with Crippen molar-refractivity contribution in [1.82, 2.24) is 0 Å². The van der Waals surface area contributed by atoms with Crippen LogP contribution in [0.4, 0.5) is 0 Å². The number of carbonyl (C=O) groups is 1. The summed E-state index contributed by atoms with van der Waals surface area (Å²) in [5, 5.41) is 26.4. The van der Waals surface area contributed by atoms with Crippen LogP contribution in [0.5, 0.6) is 0 Å². The summed E-state index contributed by atoms with van der Waals surface area (Å²) in [5.41, 5.74) is 1.03. The molecule has 0 unspecified atom stereocenters. The van der Waals surface area contributed by atoms with E-state index in [4.69, 9.17) is 15.2 Å². The predicted molar refractivity (Wildman–Crippen MR) is 52.2 cm³/mol. The average Bonchev–Trinajstić information content (AvgIpc) is 2.15. The topological polar surface area (TPSA) is 77.8 Å². The number of aliphatic carboxylic acids is 1. The molecule has 0 aromatic heterocycles. The molecule has 0 radical (unpaired) electrons. The molecule has 14 heavy (non-hydrogen) atoms. The van der Waals surface area contributed by atoms with Gasteiger partial charge in [0.25, 0.3) is 0 Å². The van der Waals surface area contributed by atoms with Gasteiger partial charge in [0.05, 0.1) is 0 Å². The molecule has 0 aliphatic rings. The zero-order valence-electron chi connectivity index (χ0n) is 7.55. The molecule has 0 atom stereocenters. The van der Waals surface area contributed by atoms with Gasteiger partial charge in [0, 0.05) is 6.42 Å². The van der Waals surface area contributed by atoms with Crippen LogP contribution in [0.15, 0.2) is 24.3 Å². The highest BCUT2D eigenvalue weighted by atomic mass is 16.4. The highest BCUT2D eigenvalue weighted by Gasteiger charge is 2.15. The van der Waals surface area contributed by atoms with Crippen LogP contribution >= 0.6 is 0 Å². The average molecular weight is 194 g/mol. The molecule has 3 N–H and O–H groups in total. The Kier molecular flexibility index (Phi) is 3.68. The normalized spacial score (nSPS) is 9.86. The van der Waals surface area contributed by atoms with Crippen molar-refractivity contribution in [1.29, 1.82) is 0 Å². The van der Waals surface area contributed by atoms with E-state index in [1.807, 2.05) is 0 Å². The summed E-state index contributed by atoms with van der Waals surface area (Å²) in [6.45, 7) is 0. The fraction of sp³-hybridized carbons (Fsp3) is 0.222. The highest BCUT2D eigenvalue weighted by Crippen LogP contribution is 2.01. The largest absolute Gasteiger partial charge is 0.488 e. The van der Waals surface area contributed by atoms with Gasteiger partial charge in [-0.1, -0.05) is 24.3 Å². The number of carboxylic acid groups (broad SMARTS) is 1. The van der Waals surface area contributed by atoms with Crippen molar-refractivity contribution in [2.24, 2.45) is 0 Å². The highest BCUT2D eigenvalue weighted by molar-refractivity contribution is 6.59. The molecule has 0 bridgehead atoms. The van der Waals surface area contributed by atoms with Gasteiger partial charge in [-0.2, -0.15) is 0 Å². The van der Waals surface area contributed by atoms with Crippen LogP contribution in [0.1, 0.15) is 12.0 Å². The van der Waals surface area contributed by atoms with Crippen LogP contribution in [0.2, 0.25) is 0 Å². The Bertz CT molecular complexity index is 324. The first-order valence-corrected chi connectivity index (χ1v) is 4.27. The number of aryl methyl sites for hydroxylation is 1. The van der Waals surface area contributed by atoms with E-state index in [9.17, 15) is 4.79 Å². The first-order valence-electron chi connectivity index (χ1n) is 4.27. The predicted octanol–water partition coefficient (Wildman–Crippen LogP) is -0.616. The minimum absolute atomic E-state index is 0.0102. The molecule has 1 aromatic rings. The Hall–Kier alpha value is -1.33. The van der Waals surface area contributed by atoms with Crippen molar-refractivity contribution in [2.75, 3.05) is 0 Å². The van der Waals surface area contributed by atoms with Gasteiger partial charge < -0.3 is 15.2 Å². The second-order valence-corrected chi connectivity index (χ2v) is 2.97. The number of hydrogen-bond donors (Lipinski definition) is 3. The van der Waals surface area contributed by atoms with E-state index in [2.05, 4.69) is 0 Å². The summed E-state index contributed by atoms with van der Waals surface area (Å²) in [6, 6.07) is 6.68. The lowest BCUT2D eigenvalue weighted by atomic mass is 9.76. The second kappa shape index (κ2) is 4.78. The second-order valence-electron chi connectivity index (χ2n) is 2.97. The molecule has 0 fully saturated rings. The molecule has 0 amide bonds. The van der Waals surface area contributed by atoms with Gasteiger partial charge in [0.2, 0.25) is 0 Å². The zero-order valence-corrected chi connectivity index (χ0v) is 7.55. The maximum absolute atomic E-state index is 10.3. The smallest absolute Gasteiger partial charge is 0.481 e. The van der Waals surface area contributed by atoms with Gasteiger partial charge in [0.15, 0.2) is 0 Å². The van der Waals surface area contributed by atoms with Crippen LogP contribution in [0, 0.1) is 0 Å². The lowest BCUT2D eigenvalue weighted by Crippen LogP contribution is -2.33. The fourth-order valence-corrected chi connectivity index (χ4v) is 1.26. The maximum atomic E-state index is 10.3. The molecule has 0 aliphatic heterocycles. The fourth-order valence-electron chi connectivity index (χ4n) is 1.26. The molecule has 1 rings (SSSR count). The van der Waals surface area contributed by atoms with Crippen LogP contribution in [-0.2, 0) is 11.2 Å². The van der Waals surface area contributed by atoms with E-state index in [1.54, 1.807) is 24.3 Å². The van der Waals surface area contributed by atoms with Crippen molar-refractivity contribution in [3.8, 4) is 0 Å². The summed E-state index contributed by atoms with van der Waals surface area (Å²) in [7, 11) is -1.54. The Morgan fingerprint density at radius 2 is 1.93 bits per heavy atom. The Morgan fingerprint density at radius 1 is 1.29 bits per heavy atom. The third kappa shape index (κ3) is 2.87. The quantitative estimate of drug-likeness (QED) is 0.558. The first kappa shape index (κ1) is 10.8. The number of benzene rings is 1. The van der Waals surface area contributed by atoms with Gasteiger partial charge in [-0.25, -0.2) is 0 Å². The van der Waals surface area contributed by atoms with E-state index < -0.39 is 13.1 Å². The monoisotopic (exact) mass is 194 g/mol. The molecule has 0 saturated carbocycles. The van der Waals surface area contributed by atoms with Crippen molar-refractivity contribution in [3.63, 3.8) is 0 Å². The SMILES string of the molecule is O=C(O)CCc1ccccc1B(O)O. The molecule has 0 heterocycles. The van der Waals surface area contributed by atoms with Crippen molar-refractivity contribution < 1.29 is 19.9 Å². The maximum Gasteiger partial charge on any atom is 0.488 e. The lowest BCUT2D eigenvalue weighted by Gasteiger charge is -2.06. The van der Waals surface area contributed by atoms with Crippen molar-refractivity contribution in [3.05, 3.63) is 29.8 Å². The van der Waals surface area contributed by atoms with E-state index in [1.165, 1.54) is 0 Å². The third-order valence-corrected chi connectivity index (χ3v) is 1.94. The van der Waals surface area contributed by atoms with Gasteiger partial charge in [-0.15, -0.1) is 0 Å². The Morgan fingerprint density at radius 3 is 2.50 bits per heavy atom.